The quantitative estimate of drug-likeness (QED) is 0.614. The van der Waals surface area contributed by atoms with Crippen molar-refractivity contribution in [3.8, 4) is 5.69 Å². The molecular formula is C14H6Br2F3N3O3. The predicted molar refractivity (Wildman–Crippen MR) is 88.7 cm³/mol. The largest absolute Gasteiger partial charge is 0.418 e. The fraction of sp³-hybridized carbons (Fsp3) is 0.0714. The normalized spacial score (nSPS) is 13.8. The van der Waals surface area contributed by atoms with Gasteiger partial charge in [-0.15, -0.1) is 0 Å². The lowest BCUT2D eigenvalue weighted by molar-refractivity contribution is -0.137. The maximum atomic E-state index is 13.4. The van der Waals surface area contributed by atoms with Gasteiger partial charge in [0, 0.05) is 15.0 Å². The molecule has 0 bridgehead atoms. The lowest BCUT2D eigenvalue weighted by Crippen LogP contribution is -2.26. The summed E-state index contributed by atoms with van der Waals surface area (Å²) in [5.41, 5.74) is 2.48. The van der Waals surface area contributed by atoms with Crippen LogP contribution in [0.4, 0.5) is 19.0 Å². The number of nitrogens with zero attached hydrogens (tertiary/aromatic N) is 1. The second kappa shape index (κ2) is 5.70. The number of nitrogens with one attached hydrogen (secondary N) is 1. The summed E-state index contributed by atoms with van der Waals surface area (Å²) in [5.74, 6) is -2.27. The van der Waals surface area contributed by atoms with Crippen molar-refractivity contribution in [2.24, 2.45) is 0 Å². The van der Waals surface area contributed by atoms with Crippen molar-refractivity contribution in [1.82, 2.24) is 9.88 Å². The Kier molecular flexibility index (Phi) is 4.03. The van der Waals surface area contributed by atoms with Crippen molar-refractivity contribution in [2.45, 2.75) is 6.18 Å². The molecule has 0 atom stereocenters. The van der Waals surface area contributed by atoms with Crippen LogP contribution in [-0.4, -0.2) is 16.4 Å². The van der Waals surface area contributed by atoms with Gasteiger partial charge in [-0.2, -0.15) is 13.2 Å². The van der Waals surface area contributed by atoms with E-state index >= 15 is 0 Å². The predicted octanol–water partition coefficient (Wildman–Crippen LogP) is 2.85. The van der Waals surface area contributed by atoms with Crippen LogP contribution in [0, 0.1) is 0 Å². The number of alkyl halides is 3. The van der Waals surface area contributed by atoms with E-state index in [2.05, 4.69) is 31.9 Å². The summed E-state index contributed by atoms with van der Waals surface area (Å²) in [7, 11) is 0. The molecule has 0 saturated carbocycles. The van der Waals surface area contributed by atoms with Gasteiger partial charge < -0.3 is 5.73 Å². The molecule has 0 fully saturated rings. The molecule has 0 aliphatic carbocycles. The highest BCUT2D eigenvalue weighted by molar-refractivity contribution is 9.11. The fourth-order valence-corrected chi connectivity index (χ4v) is 3.92. The lowest BCUT2D eigenvalue weighted by Gasteiger charge is -2.19. The number of anilines is 1. The van der Waals surface area contributed by atoms with Crippen LogP contribution in [0.3, 0.4) is 0 Å². The molecule has 25 heavy (non-hydrogen) atoms. The van der Waals surface area contributed by atoms with Crippen LogP contribution in [0.15, 0.2) is 31.9 Å². The van der Waals surface area contributed by atoms with Gasteiger partial charge in [0.05, 0.1) is 22.4 Å². The zero-order chi connectivity index (χ0) is 18.7. The maximum Gasteiger partial charge on any atom is 0.418 e. The van der Waals surface area contributed by atoms with Gasteiger partial charge >= 0.3 is 6.18 Å². The van der Waals surface area contributed by atoms with Crippen molar-refractivity contribution in [2.75, 3.05) is 5.73 Å². The van der Waals surface area contributed by atoms with E-state index < -0.39 is 40.6 Å². The first-order valence-corrected chi connectivity index (χ1v) is 8.08. The molecule has 2 aromatic rings. The monoisotopic (exact) mass is 479 g/mol. The zero-order valence-electron chi connectivity index (χ0n) is 11.9. The Morgan fingerprint density at radius 3 is 2.28 bits per heavy atom. The van der Waals surface area contributed by atoms with Crippen LogP contribution in [0.1, 0.15) is 26.3 Å². The summed E-state index contributed by atoms with van der Waals surface area (Å²) in [4.78, 5) is 35.8. The average Bonchev–Trinajstić information content (AvgIpc) is 2.74. The minimum absolute atomic E-state index is 0.0762. The van der Waals surface area contributed by atoms with E-state index in [0.717, 1.165) is 12.1 Å². The Morgan fingerprint density at radius 1 is 1.04 bits per heavy atom. The van der Waals surface area contributed by atoms with E-state index in [4.69, 9.17) is 5.73 Å². The standard InChI is InChI=1S/C14H6Br2F3N3O3/c15-4-1-6(14(17,18)19)10(7(16)2-4)22-8(23)3-5-9(11(22)20)13(25)21-12(5)24/h1-3H,20H2,(H,21,24,25). The van der Waals surface area contributed by atoms with Crippen molar-refractivity contribution in [3.63, 3.8) is 0 Å². The fourth-order valence-electron chi connectivity index (χ4n) is 2.52. The van der Waals surface area contributed by atoms with Crippen LogP contribution in [0.5, 0.6) is 0 Å². The van der Waals surface area contributed by atoms with Crippen LogP contribution < -0.4 is 16.6 Å². The molecule has 0 saturated heterocycles. The maximum absolute atomic E-state index is 13.4. The van der Waals surface area contributed by atoms with Gasteiger partial charge in [0.1, 0.15) is 5.82 Å². The van der Waals surface area contributed by atoms with Gasteiger partial charge in [-0.05, 0) is 28.1 Å². The number of hydrogen-bond acceptors (Lipinski definition) is 4. The van der Waals surface area contributed by atoms with Crippen LogP contribution in [-0.2, 0) is 6.18 Å². The number of halogens is 5. The van der Waals surface area contributed by atoms with Crippen molar-refractivity contribution in [3.05, 3.63) is 54.2 Å². The smallest absolute Gasteiger partial charge is 0.384 e. The highest BCUT2D eigenvalue weighted by atomic mass is 79.9. The summed E-state index contributed by atoms with van der Waals surface area (Å²) in [5, 5.41) is 1.95. The lowest BCUT2D eigenvalue weighted by atomic mass is 10.1. The molecule has 0 unspecified atom stereocenters. The third-order valence-corrected chi connectivity index (χ3v) is 4.57. The summed E-state index contributed by atoms with van der Waals surface area (Å²) in [6.45, 7) is 0. The Bertz CT molecular complexity index is 1020. The zero-order valence-corrected chi connectivity index (χ0v) is 15.0. The molecule has 3 rings (SSSR count). The van der Waals surface area contributed by atoms with E-state index in [1.54, 1.807) is 0 Å². The Morgan fingerprint density at radius 2 is 1.68 bits per heavy atom. The number of carbonyl (C=O) groups excluding carboxylic acids is 2. The van der Waals surface area contributed by atoms with E-state index in [0.29, 0.717) is 4.57 Å². The Balaban J connectivity index is 2.45. The Labute approximate surface area is 154 Å². The number of amides is 2. The van der Waals surface area contributed by atoms with Crippen molar-refractivity contribution in [1.29, 1.82) is 0 Å². The molecule has 3 N–H and O–H groups in total. The number of aromatic nitrogens is 1. The van der Waals surface area contributed by atoms with Crippen LogP contribution in [0.25, 0.3) is 5.69 Å². The average molecular weight is 481 g/mol. The first-order chi connectivity index (χ1) is 11.5. The second-order valence-electron chi connectivity index (χ2n) is 5.06. The van der Waals surface area contributed by atoms with E-state index in [9.17, 15) is 27.6 Å². The summed E-state index contributed by atoms with van der Waals surface area (Å²) < 4.78 is 40.9. The minimum Gasteiger partial charge on any atom is -0.384 e. The highest BCUT2D eigenvalue weighted by Crippen LogP contribution is 2.40. The van der Waals surface area contributed by atoms with Crippen LogP contribution >= 0.6 is 31.9 Å². The number of benzene rings is 1. The molecular weight excluding hydrogens is 475 g/mol. The Hall–Kier alpha value is -2.14. The number of nitrogens with two attached hydrogens (primary N) is 1. The highest BCUT2D eigenvalue weighted by Gasteiger charge is 2.38. The molecule has 2 amide bonds. The number of hydrogen-bond donors (Lipinski definition) is 2. The van der Waals surface area contributed by atoms with Gasteiger partial charge in [-0.1, -0.05) is 15.9 Å². The van der Waals surface area contributed by atoms with Crippen molar-refractivity contribution >= 4 is 49.5 Å². The third kappa shape index (κ3) is 2.76. The first-order valence-electron chi connectivity index (χ1n) is 6.50. The molecule has 1 aromatic carbocycles. The molecule has 130 valence electrons. The summed E-state index contributed by atoms with van der Waals surface area (Å²) >= 11 is 5.95. The van der Waals surface area contributed by atoms with Gasteiger partial charge in [-0.25, -0.2) is 0 Å². The summed E-state index contributed by atoms with van der Waals surface area (Å²) in [6.07, 6.45) is -4.80. The molecule has 6 nitrogen and oxygen atoms in total. The van der Waals surface area contributed by atoms with Gasteiger partial charge in [0.2, 0.25) is 0 Å². The minimum atomic E-state index is -4.80. The van der Waals surface area contributed by atoms with Crippen molar-refractivity contribution < 1.29 is 22.8 Å². The van der Waals surface area contributed by atoms with Crippen LogP contribution in [0.2, 0.25) is 0 Å². The number of imide groups is 1. The number of fused-ring (bicyclic) bond motifs is 1. The molecule has 0 radical (unpaired) electrons. The molecule has 1 aliphatic rings. The number of nitrogen functional groups attached to an aromatic ring is 1. The molecule has 2 heterocycles. The molecule has 1 aliphatic heterocycles. The SMILES string of the molecule is Nc1c2c(cc(=O)n1-c1c(Br)cc(Br)cc1C(F)(F)F)C(=O)NC2=O. The number of pyridine rings is 1. The van der Waals surface area contributed by atoms with E-state index in [1.807, 2.05) is 5.32 Å². The number of carbonyl (C=O) groups is 2. The van der Waals surface area contributed by atoms with Gasteiger partial charge in [0.15, 0.2) is 0 Å². The van der Waals surface area contributed by atoms with E-state index in [1.165, 1.54) is 6.07 Å². The topological polar surface area (TPSA) is 94.2 Å². The molecule has 1 aromatic heterocycles. The second-order valence-corrected chi connectivity index (χ2v) is 6.83. The summed E-state index contributed by atoms with van der Waals surface area (Å²) in [6, 6.07) is 2.86. The molecule has 0 spiro atoms. The van der Waals surface area contributed by atoms with Gasteiger partial charge in [0.25, 0.3) is 17.4 Å². The number of rotatable bonds is 1. The first kappa shape index (κ1) is 17.7. The molecule has 11 heteroatoms. The third-order valence-electron chi connectivity index (χ3n) is 3.51. The van der Waals surface area contributed by atoms with Gasteiger partial charge in [-0.3, -0.25) is 24.3 Å². The van der Waals surface area contributed by atoms with E-state index in [-0.39, 0.29) is 20.1 Å².